The molecule has 76 valence electrons. The van der Waals surface area contributed by atoms with Gasteiger partial charge in [-0.25, -0.2) is 0 Å². The molecule has 0 bridgehead atoms. The van der Waals surface area contributed by atoms with Crippen molar-refractivity contribution in [1.29, 1.82) is 0 Å². The number of rotatable bonds is 1. The fraction of sp³-hybridized carbons (Fsp3) is 0.455. The summed E-state index contributed by atoms with van der Waals surface area (Å²) >= 11 is 3.55. The Labute approximate surface area is 92.8 Å². The molecule has 1 heterocycles. The molecular weight excluding hydrogens is 242 g/mol. The van der Waals surface area contributed by atoms with Gasteiger partial charge in [-0.05, 0) is 18.6 Å². The number of halogens is 1. The summed E-state index contributed by atoms with van der Waals surface area (Å²) in [5.41, 5.74) is 1.23. The van der Waals surface area contributed by atoms with Crippen LogP contribution in [0, 0.1) is 0 Å². The Bertz CT molecular complexity index is 316. The van der Waals surface area contributed by atoms with E-state index in [-0.39, 0.29) is 6.10 Å². The molecule has 0 aliphatic carbocycles. The lowest BCUT2D eigenvalue weighted by atomic mass is 10.0. The first-order chi connectivity index (χ1) is 6.79. The molecule has 0 spiro atoms. The summed E-state index contributed by atoms with van der Waals surface area (Å²) in [5.74, 6) is 0. The van der Waals surface area contributed by atoms with Gasteiger partial charge in [0.05, 0.1) is 12.7 Å². The lowest BCUT2D eigenvalue weighted by molar-refractivity contribution is -0.000646. The van der Waals surface area contributed by atoms with Crippen molar-refractivity contribution in [1.82, 2.24) is 5.32 Å². The Morgan fingerprint density at radius 1 is 1.43 bits per heavy atom. The minimum absolute atomic E-state index is 0.166. The molecule has 0 radical (unpaired) electrons. The van der Waals surface area contributed by atoms with Crippen LogP contribution in [0.4, 0.5) is 0 Å². The van der Waals surface area contributed by atoms with E-state index in [0.29, 0.717) is 6.04 Å². The quantitative estimate of drug-likeness (QED) is 0.833. The molecule has 1 N–H and O–H groups in total. The maximum Gasteiger partial charge on any atom is 0.0986 e. The fourth-order valence-electron chi connectivity index (χ4n) is 1.79. The number of morpholine rings is 1. The number of ether oxygens (including phenoxy) is 1. The van der Waals surface area contributed by atoms with Crippen molar-refractivity contribution >= 4 is 15.9 Å². The van der Waals surface area contributed by atoms with Crippen molar-refractivity contribution in [2.24, 2.45) is 0 Å². The molecule has 1 aromatic carbocycles. The molecular formula is C11H14BrNO. The highest BCUT2D eigenvalue weighted by atomic mass is 79.9. The normalized spacial score (nSPS) is 27.6. The predicted molar refractivity (Wildman–Crippen MR) is 60.3 cm³/mol. The Kier molecular flexibility index (Phi) is 3.21. The Hall–Kier alpha value is -0.380. The van der Waals surface area contributed by atoms with Crippen LogP contribution in [0.3, 0.4) is 0 Å². The number of hydrogen-bond acceptors (Lipinski definition) is 2. The first kappa shape index (κ1) is 10.1. The summed E-state index contributed by atoms with van der Waals surface area (Å²) in [5, 5.41) is 3.41. The molecule has 2 rings (SSSR count). The van der Waals surface area contributed by atoms with E-state index in [2.05, 4.69) is 40.3 Å². The van der Waals surface area contributed by atoms with Crippen LogP contribution in [-0.2, 0) is 4.74 Å². The number of hydrogen-bond donors (Lipinski definition) is 1. The third-order valence-electron chi connectivity index (χ3n) is 2.53. The second-order valence-corrected chi connectivity index (χ2v) is 4.41. The van der Waals surface area contributed by atoms with E-state index >= 15 is 0 Å². The third kappa shape index (κ3) is 2.00. The number of nitrogens with one attached hydrogen (secondary N) is 1. The van der Waals surface area contributed by atoms with Crippen molar-refractivity contribution in [3.8, 4) is 0 Å². The molecule has 0 amide bonds. The van der Waals surface area contributed by atoms with Crippen LogP contribution in [0.5, 0.6) is 0 Å². The predicted octanol–water partition coefficient (Wildman–Crippen LogP) is 2.50. The highest BCUT2D eigenvalue weighted by molar-refractivity contribution is 9.10. The van der Waals surface area contributed by atoms with E-state index < -0.39 is 0 Å². The topological polar surface area (TPSA) is 21.3 Å². The van der Waals surface area contributed by atoms with Crippen molar-refractivity contribution < 1.29 is 4.74 Å². The smallest absolute Gasteiger partial charge is 0.0986 e. The zero-order chi connectivity index (χ0) is 9.97. The monoisotopic (exact) mass is 255 g/mol. The van der Waals surface area contributed by atoms with Gasteiger partial charge < -0.3 is 10.1 Å². The Morgan fingerprint density at radius 3 is 2.93 bits per heavy atom. The average Bonchev–Trinajstić information content (AvgIpc) is 2.20. The van der Waals surface area contributed by atoms with Crippen LogP contribution < -0.4 is 5.32 Å². The largest absolute Gasteiger partial charge is 0.371 e. The van der Waals surface area contributed by atoms with Crippen LogP contribution in [0.25, 0.3) is 0 Å². The van der Waals surface area contributed by atoms with Gasteiger partial charge in [-0.1, -0.05) is 34.1 Å². The van der Waals surface area contributed by atoms with Crippen LogP contribution in [0.15, 0.2) is 28.7 Å². The van der Waals surface area contributed by atoms with E-state index in [1.807, 2.05) is 12.1 Å². The summed E-state index contributed by atoms with van der Waals surface area (Å²) in [7, 11) is 0. The second kappa shape index (κ2) is 4.43. The van der Waals surface area contributed by atoms with Gasteiger partial charge in [-0.2, -0.15) is 0 Å². The molecule has 1 saturated heterocycles. The van der Waals surface area contributed by atoms with Crippen molar-refractivity contribution in [2.45, 2.75) is 19.1 Å². The van der Waals surface area contributed by atoms with Gasteiger partial charge in [0, 0.05) is 17.1 Å². The van der Waals surface area contributed by atoms with Gasteiger partial charge in [-0.15, -0.1) is 0 Å². The second-order valence-electron chi connectivity index (χ2n) is 3.56. The summed E-state index contributed by atoms with van der Waals surface area (Å²) < 4.78 is 6.89. The molecule has 14 heavy (non-hydrogen) atoms. The lowest BCUT2D eigenvalue weighted by Crippen LogP contribution is -2.41. The van der Waals surface area contributed by atoms with Gasteiger partial charge in [-0.3, -0.25) is 0 Å². The molecule has 1 aliphatic rings. The van der Waals surface area contributed by atoms with E-state index in [1.54, 1.807) is 0 Å². The van der Waals surface area contributed by atoms with Crippen LogP contribution in [-0.4, -0.2) is 19.2 Å². The van der Waals surface area contributed by atoms with Crippen molar-refractivity contribution in [2.75, 3.05) is 13.2 Å². The SMILES string of the molecule is CC1NCCOC1c1ccccc1Br. The molecule has 2 atom stereocenters. The van der Waals surface area contributed by atoms with E-state index in [0.717, 1.165) is 17.6 Å². The Balaban J connectivity index is 2.25. The van der Waals surface area contributed by atoms with Crippen LogP contribution in [0.2, 0.25) is 0 Å². The maximum absolute atomic E-state index is 5.76. The van der Waals surface area contributed by atoms with Crippen molar-refractivity contribution in [3.63, 3.8) is 0 Å². The molecule has 1 fully saturated rings. The highest BCUT2D eigenvalue weighted by Crippen LogP contribution is 2.29. The highest BCUT2D eigenvalue weighted by Gasteiger charge is 2.24. The van der Waals surface area contributed by atoms with E-state index in [1.165, 1.54) is 5.56 Å². The fourth-order valence-corrected chi connectivity index (χ4v) is 2.30. The first-order valence-electron chi connectivity index (χ1n) is 4.88. The first-order valence-corrected chi connectivity index (χ1v) is 5.68. The zero-order valence-electron chi connectivity index (χ0n) is 8.16. The molecule has 2 nitrogen and oxygen atoms in total. The summed E-state index contributed by atoms with van der Waals surface area (Å²) in [6.45, 7) is 3.89. The van der Waals surface area contributed by atoms with Gasteiger partial charge in [0.1, 0.15) is 0 Å². The molecule has 2 unspecified atom stereocenters. The standard InChI is InChI=1S/C11H14BrNO/c1-8-11(14-7-6-13-8)9-4-2-3-5-10(9)12/h2-5,8,11,13H,6-7H2,1H3. The van der Waals surface area contributed by atoms with Gasteiger partial charge in [0.15, 0.2) is 0 Å². The zero-order valence-corrected chi connectivity index (χ0v) is 9.75. The lowest BCUT2D eigenvalue weighted by Gasteiger charge is -2.31. The molecule has 1 aromatic rings. The summed E-state index contributed by atoms with van der Waals surface area (Å²) in [6.07, 6.45) is 0.166. The number of benzene rings is 1. The average molecular weight is 256 g/mol. The third-order valence-corrected chi connectivity index (χ3v) is 3.25. The van der Waals surface area contributed by atoms with Gasteiger partial charge in [0.2, 0.25) is 0 Å². The Morgan fingerprint density at radius 2 is 2.21 bits per heavy atom. The van der Waals surface area contributed by atoms with Gasteiger partial charge in [0.25, 0.3) is 0 Å². The molecule has 1 aliphatic heterocycles. The van der Waals surface area contributed by atoms with Crippen LogP contribution >= 0.6 is 15.9 Å². The van der Waals surface area contributed by atoms with Gasteiger partial charge >= 0.3 is 0 Å². The molecule has 0 saturated carbocycles. The maximum atomic E-state index is 5.76. The van der Waals surface area contributed by atoms with Crippen LogP contribution in [0.1, 0.15) is 18.6 Å². The molecule has 0 aromatic heterocycles. The molecule has 3 heteroatoms. The summed E-state index contributed by atoms with van der Waals surface area (Å²) in [4.78, 5) is 0. The van der Waals surface area contributed by atoms with E-state index in [9.17, 15) is 0 Å². The minimum atomic E-state index is 0.166. The van der Waals surface area contributed by atoms with Crippen molar-refractivity contribution in [3.05, 3.63) is 34.3 Å². The minimum Gasteiger partial charge on any atom is -0.371 e. The van der Waals surface area contributed by atoms with E-state index in [4.69, 9.17) is 4.74 Å². The summed E-state index contributed by atoms with van der Waals surface area (Å²) in [6, 6.07) is 8.61.